The van der Waals surface area contributed by atoms with Crippen LogP contribution in [0.1, 0.15) is 33.1 Å². The zero-order valence-electron chi connectivity index (χ0n) is 12.7. The maximum Gasteiger partial charge on any atom is 0.225 e. The Hall–Kier alpha value is -1.12. The van der Waals surface area contributed by atoms with Crippen LogP contribution in [0.4, 0.5) is 0 Å². The van der Waals surface area contributed by atoms with Crippen molar-refractivity contribution < 1.29 is 9.53 Å². The van der Waals surface area contributed by atoms with Gasteiger partial charge >= 0.3 is 0 Å². The summed E-state index contributed by atoms with van der Waals surface area (Å²) in [5.41, 5.74) is 0. The second kappa shape index (κ2) is 6.55. The van der Waals surface area contributed by atoms with Crippen LogP contribution in [0.15, 0.2) is 0 Å². The van der Waals surface area contributed by atoms with Gasteiger partial charge in [-0.1, -0.05) is 13.8 Å². The first kappa shape index (κ1) is 15.3. The summed E-state index contributed by atoms with van der Waals surface area (Å²) in [5, 5.41) is 9.29. The average molecular weight is 279 g/mol. The van der Waals surface area contributed by atoms with E-state index >= 15 is 0 Å². The van der Waals surface area contributed by atoms with Gasteiger partial charge in [-0.25, -0.2) is 0 Å². The summed E-state index contributed by atoms with van der Waals surface area (Å²) in [6.07, 6.45) is 3.79. The van der Waals surface area contributed by atoms with Crippen molar-refractivity contribution in [2.24, 2.45) is 5.92 Å². The summed E-state index contributed by atoms with van der Waals surface area (Å²) < 4.78 is 5.81. The summed E-state index contributed by atoms with van der Waals surface area (Å²) in [5.74, 6) is -0.0197. The highest BCUT2D eigenvalue weighted by Gasteiger charge is 2.34. The molecule has 0 saturated carbocycles. The fourth-order valence-corrected chi connectivity index (χ4v) is 3.09. The van der Waals surface area contributed by atoms with Crippen molar-refractivity contribution in [1.82, 2.24) is 9.80 Å². The van der Waals surface area contributed by atoms with Crippen LogP contribution in [-0.2, 0) is 9.53 Å². The van der Waals surface area contributed by atoms with Crippen LogP contribution < -0.4 is 0 Å². The number of amides is 1. The first-order chi connectivity index (χ1) is 9.51. The Kier molecular flexibility index (Phi) is 5.00. The Bertz CT molecular complexity index is 379. The standard InChI is InChI=1S/C15H25N3O2/c1-11(2)15(19)17(3)12(8-16)6-7-18-9-13-4-5-14(10-18)20-13/h11-14H,4-7,9-10H2,1-3H3/t12-,13?,14?/m0/s1. The largest absolute Gasteiger partial charge is 0.372 e. The Labute approximate surface area is 121 Å². The van der Waals surface area contributed by atoms with E-state index in [0.29, 0.717) is 18.6 Å². The molecule has 3 atom stereocenters. The molecule has 0 spiro atoms. The van der Waals surface area contributed by atoms with Gasteiger partial charge in [0.25, 0.3) is 0 Å². The predicted octanol–water partition coefficient (Wildman–Crippen LogP) is 1.25. The molecule has 2 saturated heterocycles. The minimum absolute atomic E-state index is 0.0404. The number of hydrogen-bond acceptors (Lipinski definition) is 4. The zero-order chi connectivity index (χ0) is 14.7. The summed E-state index contributed by atoms with van der Waals surface area (Å²) in [6.45, 7) is 6.54. The summed E-state index contributed by atoms with van der Waals surface area (Å²) in [4.78, 5) is 15.9. The quantitative estimate of drug-likeness (QED) is 0.760. The van der Waals surface area contributed by atoms with Crippen LogP contribution >= 0.6 is 0 Å². The maximum atomic E-state index is 11.9. The summed E-state index contributed by atoms with van der Waals surface area (Å²) in [6, 6.07) is 1.93. The van der Waals surface area contributed by atoms with Crippen molar-refractivity contribution in [2.45, 2.75) is 51.4 Å². The Morgan fingerprint density at radius 3 is 2.50 bits per heavy atom. The normalized spacial score (nSPS) is 27.4. The molecule has 1 amide bonds. The lowest BCUT2D eigenvalue weighted by Gasteiger charge is -2.33. The third kappa shape index (κ3) is 3.50. The number of nitrogens with zero attached hydrogens (tertiary/aromatic N) is 3. The molecule has 0 radical (unpaired) electrons. The first-order valence-corrected chi connectivity index (χ1v) is 7.55. The van der Waals surface area contributed by atoms with Gasteiger partial charge in [-0.3, -0.25) is 9.69 Å². The third-order valence-electron chi connectivity index (χ3n) is 4.30. The van der Waals surface area contributed by atoms with Gasteiger partial charge in [0.15, 0.2) is 0 Å². The first-order valence-electron chi connectivity index (χ1n) is 7.55. The molecule has 2 aliphatic heterocycles. The Balaban J connectivity index is 1.82. The molecule has 2 fully saturated rings. The highest BCUT2D eigenvalue weighted by molar-refractivity contribution is 5.78. The molecule has 5 heteroatoms. The molecule has 112 valence electrons. The molecule has 0 aromatic carbocycles. The lowest BCUT2D eigenvalue weighted by atomic mass is 10.1. The topological polar surface area (TPSA) is 56.6 Å². The van der Waals surface area contributed by atoms with E-state index in [2.05, 4.69) is 11.0 Å². The lowest BCUT2D eigenvalue weighted by Crippen LogP contribution is -2.45. The number of ether oxygens (including phenoxy) is 1. The van der Waals surface area contributed by atoms with Gasteiger partial charge in [-0.2, -0.15) is 5.26 Å². The Morgan fingerprint density at radius 2 is 2.00 bits per heavy atom. The average Bonchev–Trinajstić information content (AvgIpc) is 2.77. The van der Waals surface area contributed by atoms with Gasteiger partial charge < -0.3 is 9.64 Å². The van der Waals surface area contributed by atoms with Crippen molar-refractivity contribution in [3.8, 4) is 6.07 Å². The van der Waals surface area contributed by atoms with Crippen LogP contribution in [0.5, 0.6) is 0 Å². The van der Waals surface area contributed by atoms with E-state index in [9.17, 15) is 10.1 Å². The van der Waals surface area contributed by atoms with Crippen LogP contribution in [0.2, 0.25) is 0 Å². The van der Waals surface area contributed by atoms with E-state index in [1.54, 1.807) is 11.9 Å². The molecule has 2 heterocycles. The smallest absolute Gasteiger partial charge is 0.225 e. The number of rotatable bonds is 5. The molecule has 2 unspecified atom stereocenters. The fraction of sp³-hybridized carbons (Fsp3) is 0.867. The van der Waals surface area contributed by atoms with Gasteiger partial charge in [-0.05, 0) is 19.3 Å². The number of morpholine rings is 1. The number of carbonyl (C=O) groups is 1. The molecular formula is C15H25N3O2. The van der Waals surface area contributed by atoms with Crippen molar-refractivity contribution in [2.75, 3.05) is 26.7 Å². The van der Waals surface area contributed by atoms with Crippen LogP contribution in [0.3, 0.4) is 0 Å². The molecule has 0 aromatic heterocycles. The van der Waals surface area contributed by atoms with Crippen LogP contribution in [0.25, 0.3) is 0 Å². The van der Waals surface area contributed by atoms with E-state index in [0.717, 1.165) is 32.5 Å². The number of carbonyl (C=O) groups excluding carboxylic acids is 1. The van der Waals surface area contributed by atoms with Crippen LogP contribution in [-0.4, -0.2) is 60.6 Å². The molecule has 0 aliphatic carbocycles. The van der Waals surface area contributed by atoms with E-state index in [-0.39, 0.29) is 17.9 Å². The number of fused-ring (bicyclic) bond motifs is 2. The van der Waals surface area contributed by atoms with Gasteiger partial charge in [0.1, 0.15) is 6.04 Å². The van der Waals surface area contributed by atoms with Gasteiger partial charge in [0.05, 0.1) is 18.3 Å². The molecule has 0 aromatic rings. The van der Waals surface area contributed by atoms with E-state index in [1.165, 1.54) is 0 Å². The number of hydrogen-bond donors (Lipinski definition) is 0. The minimum atomic E-state index is -0.328. The van der Waals surface area contributed by atoms with E-state index < -0.39 is 0 Å². The zero-order valence-corrected chi connectivity index (χ0v) is 12.7. The molecule has 2 aliphatic rings. The molecule has 2 rings (SSSR count). The number of nitriles is 1. The van der Waals surface area contributed by atoms with Crippen molar-refractivity contribution in [3.05, 3.63) is 0 Å². The van der Waals surface area contributed by atoms with Crippen molar-refractivity contribution >= 4 is 5.91 Å². The summed E-state index contributed by atoms with van der Waals surface area (Å²) in [7, 11) is 1.74. The molecule has 0 N–H and O–H groups in total. The Morgan fingerprint density at radius 1 is 1.40 bits per heavy atom. The maximum absolute atomic E-state index is 11.9. The third-order valence-corrected chi connectivity index (χ3v) is 4.30. The second-order valence-corrected chi connectivity index (χ2v) is 6.25. The SMILES string of the molecule is CC(C)C(=O)N(C)[C@H](C#N)CCN1CC2CCC(C1)O2. The molecule has 2 bridgehead atoms. The minimum Gasteiger partial charge on any atom is -0.372 e. The van der Waals surface area contributed by atoms with Gasteiger partial charge in [0.2, 0.25) is 5.91 Å². The number of likely N-dealkylation sites (tertiary alicyclic amines) is 1. The van der Waals surface area contributed by atoms with Gasteiger partial charge in [-0.15, -0.1) is 0 Å². The van der Waals surface area contributed by atoms with E-state index in [1.807, 2.05) is 13.8 Å². The van der Waals surface area contributed by atoms with Crippen molar-refractivity contribution in [1.29, 1.82) is 5.26 Å². The highest BCUT2D eigenvalue weighted by atomic mass is 16.5. The second-order valence-electron chi connectivity index (χ2n) is 6.25. The molecular weight excluding hydrogens is 254 g/mol. The van der Waals surface area contributed by atoms with Crippen molar-refractivity contribution in [3.63, 3.8) is 0 Å². The summed E-state index contributed by atoms with van der Waals surface area (Å²) >= 11 is 0. The molecule has 20 heavy (non-hydrogen) atoms. The monoisotopic (exact) mass is 279 g/mol. The van der Waals surface area contributed by atoms with Gasteiger partial charge in [0, 0.05) is 32.6 Å². The highest BCUT2D eigenvalue weighted by Crippen LogP contribution is 2.26. The fourth-order valence-electron chi connectivity index (χ4n) is 3.09. The van der Waals surface area contributed by atoms with E-state index in [4.69, 9.17) is 4.74 Å². The van der Waals surface area contributed by atoms with Crippen LogP contribution in [0, 0.1) is 17.2 Å². The predicted molar refractivity (Wildman–Crippen MR) is 76.0 cm³/mol. The molecule has 5 nitrogen and oxygen atoms in total. The lowest BCUT2D eigenvalue weighted by molar-refractivity contribution is -0.134.